The van der Waals surface area contributed by atoms with E-state index in [-0.39, 0.29) is 12.0 Å². The van der Waals surface area contributed by atoms with Gasteiger partial charge in [-0.3, -0.25) is 0 Å². The van der Waals surface area contributed by atoms with Crippen LogP contribution in [0.2, 0.25) is 0 Å². The number of thioether (sulfide) groups is 1. The van der Waals surface area contributed by atoms with Crippen LogP contribution in [0.4, 0.5) is 0 Å². The number of aliphatic hydroxyl groups is 3. The molecule has 18 heavy (non-hydrogen) atoms. The molecule has 0 amide bonds. The predicted octanol–water partition coefficient (Wildman–Crippen LogP) is -0.577. The van der Waals surface area contributed by atoms with Crippen molar-refractivity contribution in [1.82, 2.24) is 5.32 Å². The molecule has 1 saturated carbocycles. The first-order valence-corrected chi connectivity index (χ1v) is 7.29. The standard InChI is InChI=1S/C12H19NO4S/c1-2-18-11-9(15)8(14)7-10(16)12(7,17-11)6-4-3-5-13-6/h2,6-11,13-16H,1,3-5H2/t6-,7?,8?,9-,10?,11?,12?/m1/s1. The number of nitrogens with one attached hydrogen (secondary N) is 1. The zero-order chi connectivity index (χ0) is 12.9. The highest BCUT2D eigenvalue weighted by Crippen LogP contribution is 2.58. The van der Waals surface area contributed by atoms with Gasteiger partial charge in [0.15, 0.2) is 0 Å². The van der Waals surface area contributed by atoms with Crippen molar-refractivity contribution in [3.63, 3.8) is 0 Å². The van der Waals surface area contributed by atoms with Crippen LogP contribution >= 0.6 is 11.8 Å². The van der Waals surface area contributed by atoms with Crippen molar-refractivity contribution in [1.29, 1.82) is 0 Å². The van der Waals surface area contributed by atoms with Crippen LogP contribution in [-0.2, 0) is 4.74 Å². The molecule has 5 unspecified atom stereocenters. The second-order valence-electron chi connectivity index (χ2n) is 5.24. The summed E-state index contributed by atoms with van der Waals surface area (Å²) in [5.41, 5.74) is -1.29. The van der Waals surface area contributed by atoms with Gasteiger partial charge in [0.1, 0.15) is 17.1 Å². The fourth-order valence-corrected chi connectivity index (χ4v) is 4.17. The Kier molecular flexibility index (Phi) is 3.20. The van der Waals surface area contributed by atoms with Crippen molar-refractivity contribution in [3.05, 3.63) is 12.0 Å². The van der Waals surface area contributed by atoms with Gasteiger partial charge in [0.25, 0.3) is 0 Å². The van der Waals surface area contributed by atoms with E-state index in [1.165, 1.54) is 11.8 Å². The number of ether oxygens (including phenoxy) is 1. The fourth-order valence-electron chi connectivity index (χ4n) is 3.43. The molecule has 1 aliphatic carbocycles. The Morgan fingerprint density at radius 3 is 2.72 bits per heavy atom. The molecule has 0 bridgehead atoms. The Morgan fingerprint density at radius 1 is 1.33 bits per heavy atom. The second-order valence-corrected chi connectivity index (χ2v) is 6.31. The van der Waals surface area contributed by atoms with E-state index in [0.717, 1.165) is 19.4 Å². The van der Waals surface area contributed by atoms with Gasteiger partial charge in [-0.2, -0.15) is 0 Å². The molecular weight excluding hydrogens is 254 g/mol. The minimum Gasteiger partial charge on any atom is -0.390 e. The normalized spacial score (nSPS) is 55.1. The largest absolute Gasteiger partial charge is 0.390 e. The van der Waals surface area contributed by atoms with Crippen LogP contribution in [0, 0.1) is 5.92 Å². The average Bonchev–Trinajstić information content (AvgIpc) is 2.79. The molecule has 4 N–H and O–H groups in total. The summed E-state index contributed by atoms with van der Waals surface area (Å²) in [5, 5.41) is 35.1. The Bertz CT molecular complexity index is 349. The highest BCUT2D eigenvalue weighted by Gasteiger charge is 2.76. The van der Waals surface area contributed by atoms with Gasteiger partial charge < -0.3 is 25.4 Å². The van der Waals surface area contributed by atoms with Crippen molar-refractivity contribution in [2.45, 2.75) is 48.2 Å². The summed E-state index contributed by atoms with van der Waals surface area (Å²) in [6, 6.07) is 0.0626. The maximum absolute atomic E-state index is 10.1. The molecule has 3 aliphatic rings. The van der Waals surface area contributed by atoms with Crippen LogP contribution in [-0.4, -0.2) is 57.3 Å². The van der Waals surface area contributed by atoms with Gasteiger partial charge in [-0.05, 0) is 24.8 Å². The zero-order valence-corrected chi connectivity index (χ0v) is 10.8. The number of hydrogen-bond donors (Lipinski definition) is 4. The number of aliphatic hydroxyl groups excluding tert-OH is 3. The van der Waals surface area contributed by atoms with Crippen molar-refractivity contribution in [2.24, 2.45) is 5.92 Å². The maximum Gasteiger partial charge on any atom is 0.136 e. The fraction of sp³-hybridized carbons (Fsp3) is 0.833. The molecule has 5 nitrogen and oxygen atoms in total. The maximum atomic E-state index is 10.1. The Balaban J connectivity index is 1.84. The molecule has 0 aromatic carbocycles. The van der Waals surface area contributed by atoms with Crippen LogP contribution in [0.25, 0.3) is 0 Å². The molecule has 2 aliphatic heterocycles. The van der Waals surface area contributed by atoms with E-state index in [2.05, 4.69) is 11.9 Å². The molecular formula is C12H19NO4S. The van der Waals surface area contributed by atoms with E-state index in [1.807, 2.05) is 0 Å². The first kappa shape index (κ1) is 12.9. The summed E-state index contributed by atoms with van der Waals surface area (Å²) in [4.78, 5) is 0. The third-order valence-electron chi connectivity index (χ3n) is 4.37. The molecule has 6 heteroatoms. The SMILES string of the molecule is C=CSC1OC2([C@H]3CCCN3)C(O)C2C(O)[C@H]1O. The van der Waals surface area contributed by atoms with Crippen molar-refractivity contribution < 1.29 is 20.1 Å². The summed E-state index contributed by atoms with van der Waals surface area (Å²) < 4.78 is 5.94. The number of fused-ring (bicyclic) bond motifs is 1. The first-order chi connectivity index (χ1) is 8.63. The molecule has 2 heterocycles. The smallest absolute Gasteiger partial charge is 0.136 e. The van der Waals surface area contributed by atoms with E-state index >= 15 is 0 Å². The predicted molar refractivity (Wildman–Crippen MR) is 67.9 cm³/mol. The van der Waals surface area contributed by atoms with Crippen LogP contribution in [0.15, 0.2) is 12.0 Å². The van der Waals surface area contributed by atoms with Gasteiger partial charge in [0.05, 0.1) is 12.2 Å². The van der Waals surface area contributed by atoms with E-state index in [0.29, 0.717) is 0 Å². The average molecular weight is 273 g/mol. The van der Waals surface area contributed by atoms with Crippen LogP contribution in [0.1, 0.15) is 12.8 Å². The summed E-state index contributed by atoms with van der Waals surface area (Å²) >= 11 is 1.25. The van der Waals surface area contributed by atoms with Crippen LogP contribution in [0.5, 0.6) is 0 Å². The minimum atomic E-state index is -0.982. The topological polar surface area (TPSA) is 82.0 Å². The van der Waals surface area contributed by atoms with E-state index in [1.54, 1.807) is 5.41 Å². The van der Waals surface area contributed by atoms with Gasteiger partial charge in [0, 0.05) is 12.0 Å². The number of hydrogen-bond acceptors (Lipinski definition) is 6. The molecule has 0 aromatic rings. The van der Waals surface area contributed by atoms with E-state index in [4.69, 9.17) is 4.74 Å². The molecule has 0 spiro atoms. The van der Waals surface area contributed by atoms with Crippen LogP contribution < -0.4 is 5.32 Å². The highest BCUT2D eigenvalue weighted by molar-refractivity contribution is 8.02. The molecule has 2 saturated heterocycles. The monoisotopic (exact) mass is 273 g/mol. The third kappa shape index (κ3) is 1.60. The van der Waals surface area contributed by atoms with E-state index < -0.39 is 29.3 Å². The van der Waals surface area contributed by atoms with Gasteiger partial charge in [-0.1, -0.05) is 6.58 Å². The summed E-state index contributed by atoms with van der Waals surface area (Å²) in [6.07, 6.45) is -0.638. The quantitative estimate of drug-likeness (QED) is 0.551. The highest BCUT2D eigenvalue weighted by atomic mass is 32.2. The van der Waals surface area contributed by atoms with Gasteiger partial charge in [-0.15, -0.1) is 11.8 Å². The molecule has 0 radical (unpaired) electrons. The molecule has 102 valence electrons. The molecule has 3 rings (SSSR count). The lowest BCUT2D eigenvalue weighted by atomic mass is 9.97. The van der Waals surface area contributed by atoms with Crippen LogP contribution in [0.3, 0.4) is 0 Å². The van der Waals surface area contributed by atoms with Crippen molar-refractivity contribution in [2.75, 3.05) is 6.54 Å². The second kappa shape index (κ2) is 4.47. The summed E-state index contributed by atoms with van der Waals surface area (Å²) in [7, 11) is 0. The lowest BCUT2D eigenvalue weighted by Gasteiger charge is -2.38. The van der Waals surface area contributed by atoms with E-state index in [9.17, 15) is 15.3 Å². The molecule has 3 fully saturated rings. The Labute approximate surface area is 110 Å². The Morgan fingerprint density at radius 2 is 2.11 bits per heavy atom. The Hall–Kier alpha value is -0.110. The first-order valence-electron chi connectivity index (χ1n) is 6.34. The van der Waals surface area contributed by atoms with Crippen molar-refractivity contribution >= 4 is 11.8 Å². The lowest BCUT2D eigenvalue weighted by molar-refractivity contribution is -0.151. The van der Waals surface area contributed by atoms with Gasteiger partial charge >= 0.3 is 0 Å². The molecule has 7 atom stereocenters. The third-order valence-corrected chi connectivity index (χ3v) is 5.20. The summed E-state index contributed by atoms with van der Waals surface area (Å²) in [6.45, 7) is 4.51. The summed E-state index contributed by atoms with van der Waals surface area (Å²) in [5.74, 6) is -0.384. The lowest BCUT2D eigenvalue weighted by Crippen LogP contribution is -2.54. The van der Waals surface area contributed by atoms with Gasteiger partial charge in [-0.25, -0.2) is 0 Å². The molecule has 0 aromatic heterocycles. The zero-order valence-electron chi connectivity index (χ0n) is 10.0. The number of rotatable bonds is 3. The minimum absolute atomic E-state index is 0.0626. The van der Waals surface area contributed by atoms with Crippen molar-refractivity contribution in [3.8, 4) is 0 Å². The van der Waals surface area contributed by atoms with Gasteiger partial charge in [0.2, 0.25) is 0 Å².